The highest BCUT2D eigenvalue weighted by Crippen LogP contribution is 2.31. The smallest absolute Gasteiger partial charge is 0.337 e. The van der Waals surface area contributed by atoms with Crippen LogP contribution in [-0.2, 0) is 12.8 Å². The Morgan fingerprint density at radius 1 is 1.11 bits per heavy atom. The number of fused-ring (bicyclic) bond motifs is 1. The molecule has 4 rings (SSSR count). The number of hydrogen-bond acceptors (Lipinski definition) is 5. The van der Waals surface area contributed by atoms with Crippen LogP contribution in [0.25, 0.3) is 0 Å². The van der Waals surface area contributed by atoms with Crippen molar-refractivity contribution in [3.63, 3.8) is 0 Å². The van der Waals surface area contributed by atoms with Gasteiger partial charge < -0.3 is 20.6 Å². The zero-order valence-corrected chi connectivity index (χ0v) is 20.8. The van der Waals surface area contributed by atoms with Gasteiger partial charge in [-0.05, 0) is 72.8 Å². The number of pyridine rings is 1. The number of benzene rings is 2. The van der Waals surface area contributed by atoms with Gasteiger partial charge in [-0.1, -0.05) is 44.4 Å². The normalized spacial score (nSPS) is 14.9. The number of aromatic nitrogens is 1. The summed E-state index contributed by atoms with van der Waals surface area (Å²) in [6.07, 6.45) is 10.4. The number of hydrogen-bond donors (Lipinski definition) is 3. The van der Waals surface area contributed by atoms with E-state index >= 15 is 0 Å². The van der Waals surface area contributed by atoms with Gasteiger partial charge in [0.1, 0.15) is 0 Å². The minimum atomic E-state index is -0.955. The SMILES string of the molecule is CCCCCCc1ccc(N(C)c2ccc3c(c2)CCN[C@@H]3CNc2cnccc2C(=O)O)cc1. The van der Waals surface area contributed by atoms with Gasteiger partial charge in [-0.15, -0.1) is 0 Å². The summed E-state index contributed by atoms with van der Waals surface area (Å²) in [5.41, 5.74) is 7.13. The fourth-order valence-electron chi connectivity index (χ4n) is 4.76. The number of carboxylic acids is 1. The highest BCUT2D eigenvalue weighted by molar-refractivity contribution is 5.93. The minimum absolute atomic E-state index is 0.104. The van der Waals surface area contributed by atoms with Crippen LogP contribution < -0.4 is 15.5 Å². The maximum atomic E-state index is 11.5. The van der Waals surface area contributed by atoms with Gasteiger partial charge in [0, 0.05) is 37.2 Å². The summed E-state index contributed by atoms with van der Waals surface area (Å²) >= 11 is 0. The predicted molar refractivity (Wildman–Crippen MR) is 143 cm³/mol. The third-order valence-electron chi connectivity index (χ3n) is 6.87. The summed E-state index contributed by atoms with van der Waals surface area (Å²) in [5, 5.41) is 16.3. The van der Waals surface area contributed by atoms with Crippen LogP contribution in [0, 0.1) is 0 Å². The molecule has 0 saturated heterocycles. The highest BCUT2D eigenvalue weighted by atomic mass is 16.4. The van der Waals surface area contributed by atoms with Gasteiger partial charge in [-0.25, -0.2) is 4.79 Å². The second kappa shape index (κ2) is 11.8. The lowest BCUT2D eigenvalue weighted by Gasteiger charge is -2.29. The van der Waals surface area contributed by atoms with E-state index in [0.717, 1.165) is 19.4 Å². The molecule has 3 aromatic rings. The Labute approximate surface area is 208 Å². The molecule has 2 aromatic carbocycles. The van der Waals surface area contributed by atoms with Crippen molar-refractivity contribution >= 4 is 23.0 Å². The van der Waals surface area contributed by atoms with Crippen LogP contribution in [0.2, 0.25) is 0 Å². The zero-order chi connectivity index (χ0) is 24.6. The number of aryl methyl sites for hydroxylation is 1. The van der Waals surface area contributed by atoms with Crippen LogP contribution in [0.3, 0.4) is 0 Å². The van der Waals surface area contributed by atoms with Crippen molar-refractivity contribution in [2.45, 2.75) is 51.5 Å². The first-order valence-electron chi connectivity index (χ1n) is 12.7. The molecule has 0 saturated carbocycles. The molecular formula is C29H36N4O2. The van der Waals surface area contributed by atoms with Crippen LogP contribution in [0.1, 0.15) is 65.7 Å². The first-order valence-corrected chi connectivity index (χ1v) is 12.7. The molecule has 1 aromatic heterocycles. The van der Waals surface area contributed by atoms with Crippen LogP contribution in [0.5, 0.6) is 0 Å². The molecule has 3 N–H and O–H groups in total. The second-order valence-electron chi connectivity index (χ2n) is 9.28. The van der Waals surface area contributed by atoms with E-state index < -0.39 is 5.97 Å². The van der Waals surface area contributed by atoms with Crippen molar-refractivity contribution in [3.8, 4) is 0 Å². The lowest BCUT2D eigenvalue weighted by Crippen LogP contribution is -2.34. The van der Waals surface area contributed by atoms with Crippen LogP contribution in [-0.4, -0.2) is 36.2 Å². The maximum Gasteiger partial charge on any atom is 0.337 e. The second-order valence-corrected chi connectivity index (χ2v) is 9.28. The third kappa shape index (κ3) is 6.20. The van der Waals surface area contributed by atoms with E-state index in [1.165, 1.54) is 66.0 Å². The number of nitrogens with one attached hydrogen (secondary N) is 2. The largest absolute Gasteiger partial charge is 0.478 e. The molecule has 0 amide bonds. The number of carbonyl (C=O) groups is 1. The average Bonchev–Trinajstić information content (AvgIpc) is 2.89. The molecule has 0 unspecified atom stereocenters. The molecule has 1 aliphatic rings. The molecule has 0 bridgehead atoms. The van der Waals surface area contributed by atoms with E-state index in [1.54, 1.807) is 6.20 Å². The van der Waals surface area contributed by atoms with Gasteiger partial charge in [0.25, 0.3) is 0 Å². The van der Waals surface area contributed by atoms with E-state index in [9.17, 15) is 9.90 Å². The molecule has 0 fully saturated rings. The molecule has 0 radical (unpaired) electrons. The van der Waals surface area contributed by atoms with Crippen LogP contribution >= 0.6 is 0 Å². The molecule has 1 aliphatic heterocycles. The van der Waals surface area contributed by atoms with Gasteiger partial charge in [-0.2, -0.15) is 0 Å². The first kappa shape index (κ1) is 24.7. The Hall–Kier alpha value is -3.38. The average molecular weight is 473 g/mol. The van der Waals surface area contributed by atoms with Crippen LogP contribution in [0.4, 0.5) is 17.1 Å². The van der Waals surface area contributed by atoms with Gasteiger partial charge in [-0.3, -0.25) is 4.98 Å². The summed E-state index contributed by atoms with van der Waals surface area (Å²) in [6, 6.07) is 17.2. The fourth-order valence-corrected chi connectivity index (χ4v) is 4.76. The van der Waals surface area contributed by atoms with Gasteiger partial charge >= 0.3 is 5.97 Å². The zero-order valence-electron chi connectivity index (χ0n) is 20.8. The minimum Gasteiger partial charge on any atom is -0.478 e. The number of carboxylic acid groups (broad SMARTS) is 1. The Morgan fingerprint density at radius 2 is 1.91 bits per heavy atom. The van der Waals surface area contributed by atoms with Crippen molar-refractivity contribution < 1.29 is 9.90 Å². The van der Waals surface area contributed by atoms with E-state index in [0.29, 0.717) is 12.2 Å². The van der Waals surface area contributed by atoms with Crippen molar-refractivity contribution in [2.75, 3.05) is 30.4 Å². The van der Waals surface area contributed by atoms with Gasteiger partial charge in [0.05, 0.1) is 17.4 Å². The number of unbranched alkanes of at least 4 members (excludes halogenated alkanes) is 3. The van der Waals surface area contributed by atoms with Crippen molar-refractivity contribution in [1.82, 2.24) is 10.3 Å². The lowest BCUT2D eigenvalue weighted by atomic mass is 9.93. The Morgan fingerprint density at radius 3 is 2.69 bits per heavy atom. The summed E-state index contributed by atoms with van der Waals surface area (Å²) < 4.78 is 0. The monoisotopic (exact) mass is 472 g/mol. The molecule has 0 aliphatic carbocycles. The number of nitrogens with zero attached hydrogens (tertiary/aromatic N) is 2. The van der Waals surface area contributed by atoms with Crippen LogP contribution in [0.15, 0.2) is 60.9 Å². The summed E-state index contributed by atoms with van der Waals surface area (Å²) in [6.45, 7) is 3.73. The number of rotatable bonds is 11. The Bertz CT molecular complexity index is 1130. The van der Waals surface area contributed by atoms with E-state index in [1.807, 2.05) is 0 Å². The molecule has 1 atom stereocenters. The fraction of sp³-hybridized carbons (Fsp3) is 0.379. The number of aromatic carboxylic acids is 1. The standard InChI is InChI=1S/C29H36N4O2/c1-3-4-5-6-7-21-8-10-23(11-9-21)33(2)24-12-13-25-22(18-24)14-17-31-28(25)20-32-27-19-30-16-15-26(27)29(34)35/h8-13,15-16,18-19,28,31-32H,3-7,14,17,20H2,1-2H3,(H,34,35)/t28-/m1/s1. The maximum absolute atomic E-state index is 11.5. The molecular weight excluding hydrogens is 436 g/mol. The lowest BCUT2D eigenvalue weighted by molar-refractivity contribution is 0.0697. The Kier molecular flexibility index (Phi) is 8.37. The van der Waals surface area contributed by atoms with Gasteiger partial charge in [0.2, 0.25) is 0 Å². The Balaban J connectivity index is 1.42. The highest BCUT2D eigenvalue weighted by Gasteiger charge is 2.21. The third-order valence-corrected chi connectivity index (χ3v) is 6.87. The van der Waals surface area contributed by atoms with Crippen molar-refractivity contribution in [1.29, 1.82) is 0 Å². The molecule has 6 nitrogen and oxygen atoms in total. The van der Waals surface area contributed by atoms with Crippen molar-refractivity contribution in [2.24, 2.45) is 0 Å². The summed E-state index contributed by atoms with van der Waals surface area (Å²) in [5.74, 6) is -0.955. The van der Waals surface area contributed by atoms with Crippen molar-refractivity contribution in [3.05, 3.63) is 83.2 Å². The molecule has 35 heavy (non-hydrogen) atoms. The molecule has 2 heterocycles. The van der Waals surface area contributed by atoms with E-state index in [4.69, 9.17) is 0 Å². The quantitative estimate of drug-likeness (QED) is 0.299. The first-order chi connectivity index (χ1) is 17.1. The van der Waals surface area contributed by atoms with E-state index in [-0.39, 0.29) is 11.6 Å². The predicted octanol–water partition coefficient (Wildman–Crippen LogP) is 5.97. The summed E-state index contributed by atoms with van der Waals surface area (Å²) in [7, 11) is 2.12. The number of anilines is 3. The summed E-state index contributed by atoms with van der Waals surface area (Å²) in [4.78, 5) is 17.8. The molecule has 184 valence electrons. The van der Waals surface area contributed by atoms with Gasteiger partial charge in [0.15, 0.2) is 0 Å². The topological polar surface area (TPSA) is 77.5 Å². The molecule has 0 spiro atoms. The molecule has 6 heteroatoms. The van der Waals surface area contributed by atoms with E-state index in [2.05, 4.69) is 77.0 Å².